The monoisotopic (exact) mass is 203 g/mol. The third-order valence-corrected chi connectivity index (χ3v) is 2.97. The molecule has 1 N–H and O–H groups in total. The fourth-order valence-corrected chi connectivity index (χ4v) is 2.12. The lowest BCUT2D eigenvalue weighted by atomic mass is 10.0. The van der Waals surface area contributed by atoms with Crippen LogP contribution in [0.15, 0.2) is 30.9 Å². The van der Waals surface area contributed by atoms with Crippen molar-refractivity contribution in [3.63, 3.8) is 0 Å². The van der Waals surface area contributed by atoms with Gasteiger partial charge in [-0.15, -0.1) is 6.58 Å². The highest BCUT2D eigenvalue weighted by atomic mass is 16.3. The van der Waals surface area contributed by atoms with E-state index in [9.17, 15) is 5.11 Å². The van der Waals surface area contributed by atoms with Crippen LogP contribution in [0.1, 0.15) is 11.1 Å². The topological polar surface area (TPSA) is 23.5 Å². The van der Waals surface area contributed by atoms with Crippen molar-refractivity contribution in [2.45, 2.75) is 12.8 Å². The molecule has 1 aromatic rings. The molecule has 0 spiro atoms. The van der Waals surface area contributed by atoms with Gasteiger partial charge < -0.3 is 5.11 Å². The Labute approximate surface area is 90.8 Å². The molecule has 2 heteroatoms. The predicted octanol–water partition coefficient (Wildman–Crippen LogP) is 1.98. The Kier molecular flexibility index (Phi) is 3.07. The van der Waals surface area contributed by atoms with Gasteiger partial charge in [0.05, 0.1) is 0 Å². The van der Waals surface area contributed by atoms with E-state index in [0.29, 0.717) is 5.75 Å². The second-order valence-electron chi connectivity index (χ2n) is 4.04. The zero-order chi connectivity index (χ0) is 10.7. The first kappa shape index (κ1) is 10.2. The average Bonchev–Trinajstić information content (AvgIpc) is 2.42. The summed E-state index contributed by atoms with van der Waals surface area (Å²) in [7, 11) is 0. The van der Waals surface area contributed by atoms with Gasteiger partial charge in [0.25, 0.3) is 0 Å². The Morgan fingerprint density at radius 1 is 1.27 bits per heavy atom. The molecule has 1 heterocycles. The Bertz CT molecular complexity index is 360. The maximum Gasteiger partial charge on any atom is 0.115 e. The number of fused-ring (bicyclic) bond motifs is 1. The third-order valence-electron chi connectivity index (χ3n) is 2.97. The smallest absolute Gasteiger partial charge is 0.115 e. The lowest BCUT2D eigenvalue weighted by molar-refractivity contribution is 0.318. The molecule has 1 aliphatic heterocycles. The minimum atomic E-state index is 0.380. The molecule has 0 radical (unpaired) electrons. The summed E-state index contributed by atoms with van der Waals surface area (Å²) in [4.78, 5) is 2.39. The van der Waals surface area contributed by atoms with Crippen LogP contribution >= 0.6 is 0 Å². The molecular weight excluding hydrogens is 186 g/mol. The molecule has 0 amide bonds. The van der Waals surface area contributed by atoms with Crippen LogP contribution in [0.4, 0.5) is 0 Å². The Balaban J connectivity index is 2.14. The number of hydrogen-bond acceptors (Lipinski definition) is 2. The van der Waals surface area contributed by atoms with Crippen LogP contribution in [0.25, 0.3) is 0 Å². The van der Waals surface area contributed by atoms with Gasteiger partial charge in [0.15, 0.2) is 0 Å². The number of hydrogen-bond donors (Lipinski definition) is 1. The number of benzene rings is 1. The van der Waals surface area contributed by atoms with Crippen molar-refractivity contribution in [2.24, 2.45) is 0 Å². The minimum absolute atomic E-state index is 0.380. The van der Waals surface area contributed by atoms with Crippen LogP contribution in [-0.2, 0) is 12.8 Å². The molecule has 15 heavy (non-hydrogen) atoms. The summed E-state index contributed by atoms with van der Waals surface area (Å²) in [5.41, 5.74) is 2.67. The van der Waals surface area contributed by atoms with E-state index in [1.165, 1.54) is 11.1 Å². The summed E-state index contributed by atoms with van der Waals surface area (Å²) in [5.74, 6) is 0.380. The van der Waals surface area contributed by atoms with Crippen molar-refractivity contribution < 1.29 is 5.11 Å². The van der Waals surface area contributed by atoms with Gasteiger partial charge in [0, 0.05) is 19.6 Å². The van der Waals surface area contributed by atoms with Gasteiger partial charge in [0.2, 0.25) is 0 Å². The van der Waals surface area contributed by atoms with Crippen LogP contribution in [-0.4, -0.2) is 29.6 Å². The van der Waals surface area contributed by atoms with Crippen LogP contribution < -0.4 is 0 Å². The van der Waals surface area contributed by atoms with E-state index in [4.69, 9.17) is 0 Å². The first-order valence-electron chi connectivity index (χ1n) is 5.43. The summed E-state index contributed by atoms with van der Waals surface area (Å²) in [6, 6.07) is 5.72. The van der Waals surface area contributed by atoms with Crippen molar-refractivity contribution >= 4 is 0 Å². The van der Waals surface area contributed by atoms with Gasteiger partial charge in [-0.1, -0.05) is 12.1 Å². The Morgan fingerprint density at radius 2 is 2.00 bits per heavy atom. The number of nitrogens with zero attached hydrogens (tertiary/aromatic N) is 1. The quantitative estimate of drug-likeness (QED) is 0.743. The van der Waals surface area contributed by atoms with Gasteiger partial charge in [-0.3, -0.25) is 4.90 Å². The maximum atomic E-state index is 9.42. The zero-order valence-electron chi connectivity index (χ0n) is 8.95. The second-order valence-corrected chi connectivity index (χ2v) is 4.04. The summed E-state index contributed by atoms with van der Waals surface area (Å²) in [6.45, 7) is 6.87. The molecule has 1 aromatic carbocycles. The molecule has 0 fully saturated rings. The lowest BCUT2D eigenvalue weighted by Gasteiger charge is -2.16. The number of rotatable bonds is 2. The molecule has 0 saturated carbocycles. The van der Waals surface area contributed by atoms with E-state index in [-0.39, 0.29) is 0 Å². The van der Waals surface area contributed by atoms with Crippen molar-refractivity contribution in [3.05, 3.63) is 42.0 Å². The number of aromatic hydroxyl groups is 1. The summed E-state index contributed by atoms with van der Waals surface area (Å²) >= 11 is 0. The van der Waals surface area contributed by atoms with Crippen LogP contribution in [0.5, 0.6) is 5.75 Å². The minimum Gasteiger partial charge on any atom is -0.508 e. The van der Waals surface area contributed by atoms with E-state index in [1.807, 2.05) is 18.2 Å². The SMILES string of the molecule is C=CCN1CCc2ccc(O)cc2CC1. The Hall–Kier alpha value is -1.28. The van der Waals surface area contributed by atoms with Crippen molar-refractivity contribution in [2.75, 3.05) is 19.6 Å². The number of phenolic OH excluding ortho intramolecular Hbond substituents is 1. The van der Waals surface area contributed by atoms with Crippen molar-refractivity contribution in [3.8, 4) is 5.75 Å². The van der Waals surface area contributed by atoms with E-state index in [2.05, 4.69) is 11.5 Å². The molecule has 0 bridgehead atoms. The van der Waals surface area contributed by atoms with Crippen molar-refractivity contribution in [1.82, 2.24) is 4.90 Å². The fraction of sp³-hybridized carbons (Fsp3) is 0.385. The van der Waals surface area contributed by atoms with Gasteiger partial charge in [-0.2, -0.15) is 0 Å². The molecule has 0 aliphatic carbocycles. The Morgan fingerprint density at radius 3 is 2.73 bits per heavy atom. The molecule has 1 aliphatic rings. The van der Waals surface area contributed by atoms with Crippen LogP contribution in [0.2, 0.25) is 0 Å². The van der Waals surface area contributed by atoms with E-state index >= 15 is 0 Å². The van der Waals surface area contributed by atoms with Crippen molar-refractivity contribution in [1.29, 1.82) is 0 Å². The van der Waals surface area contributed by atoms with Crippen LogP contribution in [0.3, 0.4) is 0 Å². The van der Waals surface area contributed by atoms with E-state index in [1.54, 1.807) is 6.07 Å². The zero-order valence-corrected chi connectivity index (χ0v) is 8.95. The molecule has 2 rings (SSSR count). The largest absolute Gasteiger partial charge is 0.508 e. The predicted molar refractivity (Wildman–Crippen MR) is 62.2 cm³/mol. The normalized spacial score (nSPS) is 16.8. The standard InChI is InChI=1S/C13H17NO/c1-2-7-14-8-5-11-3-4-13(15)10-12(11)6-9-14/h2-4,10,15H,1,5-9H2. The fourth-order valence-electron chi connectivity index (χ4n) is 2.12. The highest BCUT2D eigenvalue weighted by Crippen LogP contribution is 2.20. The van der Waals surface area contributed by atoms with Gasteiger partial charge in [-0.05, 0) is 36.1 Å². The lowest BCUT2D eigenvalue weighted by Crippen LogP contribution is -2.26. The van der Waals surface area contributed by atoms with E-state index < -0.39 is 0 Å². The molecule has 0 aromatic heterocycles. The second kappa shape index (κ2) is 4.49. The van der Waals surface area contributed by atoms with Gasteiger partial charge in [-0.25, -0.2) is 0 Å². The first-order chi connectivity index (χ1) is 7.29. The molecule has 2 nitrogen and oxygen atoms in total. The highest BCUT2D eigenvalue weighted by molar-refractivity contribution is 5.36. The highest BCUT2D eigenvalue weighted by Gasteiger charge is 2.12. The maximum absolute atomic E-state index is 9.42. The molecule has 0 unspecified atom stereocenters. The van der Waals surface area contributed by atoms with Crippen LogP contribution in [0, 0.1) is 0 Å². The summed E-state index contributed by atoms with van der Waals surface area (Å²) < 4.78 is 0. The summed E-state index contributed by atoms with van der Waals surface area (Å²) in [5, 5.41) is 9.42. The summed E-state index contributed by atoms with van der Waals surface area (Å²) in [6.07, 6.45) is 4.05. The number of phenols is 1. The van der Waals surface area contributed by atoms with Gasteiger partial charge in [0.1, 0.15) is 5.75 Å². The third kappa shape index (κ3) is 2.39. The first-order valence-corrected chi connectivity index (χ1v) is 5.43. The molecule has 0 saturated heterocycles. The van der Waals surface area contributed by atoms with Gasteiger partial charge >= 0.3 is 0 Å². The van der Waals surface area contributed by atoms with E-state index in [0.717, 1.165) is 32.5 Å². The molecular formula is C13H17NO. The molecule has 0 atom stereocenters. The average molecular weight is 203 g/mol. The molecule has 80 valence electrons.